The van der Waals surface area contributed by atoms with Gasteiger partial charge in [0.1, 0.15) is 11.5 Å². The highest BCUT2D eigenvalue weighted by Crippen LogP contribution is 2.20. The number of nitrogens with zero attached hydrogens (tertiary/aromatic N) is 2. The molecular weight excluding hydrogens is 290 g/mol. The van der Waals surface area contributed by atoms with Gasteiger partial charge in [-0.3, -0.25) is 4.79 Å². The van der Waals surface area contributed by atoms with E-state index in [0.717, 1.165) is 12.8 Å². The zero-order chi connectivity index (χ0) is 15.2. The Morgan fingerprint density at radius 2 is 2.19 bits per heavy atom. The molecule has 0 radical (unpaired) electrons. The van der Waals surface area contributed by atoms with Gasteiger partial charge in [-0.05, 0) is 12.8 Å². The van der Waals surface area contributed by atoms with Crippen LogP contribution in [0.15, 0.2) is 6.20 Å². The van der Waals surface area contributed by atoms with Crippen LogP contribution in [0.3, 0.4) is 0 Å². The molecule has 1 amide bonds. The summed E-state index contributed by atoms with van der Waals surface area (Å²) in [7, 11) is 0. The van der Waals surface area contributed by atoms with Gasteiger partial charge in [0.2, 0.25) is 0 Å². The molecule has 6 heteroatoms. The van der Waals surface area contributed by atoms with Crippen molar-refractivity contribution >= 4 is 17.5 Å². The van der Waals surface area contributed by atoms with Crippen molar-refractivity contribution in [3.63, 3.8) is 0 Å². The molecular formula is C15H22ClN3O2. The average Bonchev–Trinajstić information content (AvgIpc) is 2.96. The van der Waals surface area contributed by atoms with Crippen molar-refractivity contribution in [2.75, 3.05) is 13.2 Å². The maximum Gasteiger partial charge on any atom is 0.271 e. The average molecular weight is 312 g/mol. The summed E-state index contributed by atoms with van der Waals surface area (Å²) in [5.74, 6) is 0.491. The Bertz CT molecular complexity index is 488. The molecule has 0 unspecified atom stereocenters. The first-order valence-corrected chi connectivity index (χ1v) is 7.88. The van der Waals surface area contributed by atoms with Crippen LogP contribution in [0.4, 0.5) is 0 Å². The Kier molecular flexibility index (Phi) is 5.94. The van der Waals surface area contributed by atoms with Crippen molar-refractivity contribution in [1.82, 2.24) is 15.3 Å². The predicted octanol–water partition coefficient (Wildman–Crippen LogP) is 2.94. The van der Waals surface area contributed by atoms with Crippen molar-refractivity contribution in [3.8, 4) is 0 Å². The Labute approximate surface area is 130 Å². The normalized spacial score (nSPS) is 15.6. The molecule has 1 heterocycles. The van der Waals surface area contributed by atoms with Crippen LogP contribution in [-0.4, -0.2) is 35.1 Å². The number of rotatable bonds is 6. The standard InChI is InChI=1S/C15H22ClN3O2/c1-10(2)14-18-9-12(16)13(19-14)15(20)17-7-8-21-11-5-3-4-6-11/h9-11H,3-8H2,1-2H3,(H,17,20). The number of hydrogen-bond acceptors (Lipinski definition) is 4. The molecule has 0 bridgehead atoms. The molecule has 0 aromatic carbocycles. The summed E-state index contributed by atoms with van der Waals surface area (Å²) in [6, 6.07) is 0. The SMILES string of the molecule is CC(C)c1ncc(Cl)c(C(=O)NCCOC2CCCC2)n1. The third-order valence-electron chi connectivity index (χ3n) is 3.54. The zero-order valence-electron chi connectivity index (χ0n) is 12.6. The first kappa shape index (κ1) is 16.2. The van der Waals surface area contributed by atoms with Gasteiger partial charge >= 0.3 is 0 Å². The fourth-order valence-electron chi connectivity index (χ4n) is 2.35. The molecule has 0 spiro atoms. The minimum absolute atomic E-state index is 0.152. The first-order valence-electron chi connectivity index (χ1n) is 7.50. The number of ether oxygens (including phenoxy) is 1. The highest BCUT2D eigenvalue weighted by molar-refractivity contribution is 6.33. The van der Waals surface area contributed by atoms with E-state index < -0.39 is 0 Å². The minimum Gasteiger partial charge on any atom is -0.376 e. The van der Waals surface area contributed by atoms with E-state index in [2.05, 4.69) is 15.3 Å². The highest BCUT2D eigenvalue weighted by atomic mass is 35.5. The second-order valence-corrected chi connectivity index (χ2v) is 6.02. The lowest BCUT2D eigenvalue weighted by Gasteiger charge is -2.12. The fourth-order valence-corrected chi connectivity index (χ4v) is 2.52. The molecule has 1 aliphatic carbocycles. The van der Waals surface area contributed by atoms with Crippen molar-refractivity contribution in [2.24, 2.45) is 0 Å². The van der Waals surface area contributed by atoms with Crippen LogP contribution in [0, 0.1) is 0 Å². The Balaban J connectivity index is 1.83. The number of halogens is 1. The third kappa shape index (κ3) is 4.64. The summed E-state index contributed by atoms with van der Waals surface area (Å²) in [5.41, 5.74) is 0.233. The highest BCUT2D eigenvalue weighted by Gasteiger charge is 2.17. The quantitative estimate of drug-likeness (QED) is 0.820. The molecule has 21 heavy (non-hydrogen) atoms. The van der Waals surface area contributed by atoms with Crippen LogP contribution in [-0.2, 0) is 4.74 Å². The number of nitrogens with one attached hydrogen (secondary N) is 1. The summed E-state index contributed by atoms with van der Waals surface area (Å²) in [6.45, 7) is 4.93. The summed E-state index contributed by atoms with van der Waals surface area (Å²) < 4.78 is 5.70. The van der Waals surface area contributed by atoms with Crippen LogP contribution in [0.5, 0.6) is 0 Å². The Hall–Kier alpha value is -1.20. The van der Waals surface area contributed by atoms with Crippen LogP contribution < -0.4 is 5.32 Å². The molecule has 1 N–H and O–H groups in total. The van der Waals surface area contributed by atoms with E-state index >= 15 is 0 Å². The number of amides is 1. The fraction of sp³-hybridized carbons (Fsp3) is 0.667. The van der Waals surface area contributed by atoms with Gasteiger partial charge < -0.3 is 10.1 Å². The van der Waals surface area contributed by atoms with Crippen LogP contribution in [0.25, 0.3) is 0 Å². The molecule has 0 aliphatic heterocycles. The topological polar surface area (TPSA) is 64.1 Å². The van der Waals surface area contributed by atoms with Gasteiger partial charge in [-0.15, -0.1) is 0 Å². The zero-order valence-corrected chi connectivity index (χ0v) is 13.3. The van der Waals surface area contributed by atoms with Gasteiger partial charge in [0.25, 0.3) is 5.91 Å². The van der Waals surface area contributed by atoms with Crippen LogP contribution >= 0.6 is 11.6 Å². The van der Waals surface area contributed by atoms with E-state index in [1.165, 1.54) is 19.0 Å². The lowest BCUT2D eigenvalue weighted by Crippen LogP contribution is -2.29. The van der Waals surface area contributed by atoms with Gasteiger partial charge in [0, 0.05) is 12.5 Å². The summed E-state index contributed by atoms with van der Waals surface area (Å²) >= 11 is 6.00. The van der Waals surface area contributed by atoms with Crippen molar-refractivity contribution in [1.29, 1.82) is 0 Å². The molecule has 1 saturated carbocycles. The van der Waals surface area contributed by atoms with E-state index in [1.54, 1.807) is 0 Å². The molecule has 1 aromatic rings. The van der Waals surface area contributed by atoms with Gasteiger partial charge in [-0.2, -0.15) is 0 Å². The largest absolute Gasteiger partial charge is 0.376 e. The van der Waals surface area contributed by atoms with Gasteiger partial charge in [0.15, 0.2) is 0 Å². The van der Waals surface area contributed by atoms with Crippen molar-refractivity contribution < 1.29 is 9.53 Å². The second kappa shape index (κ2) is 7.71. The second-order valence-electron chi connectivity index (χ2n) is 5.61. The van der Waals surface area contributed by atoms with E-state index in [0.29, 0.717) is 25.1 Å². The van der Waals surface area contributed by atoms with Crippen molar-refractivity contribution in [2.45, 2.75) is 51.6 Å². The maximum absolute atomic E-state index is 12.1. The number of carbonyl (C=O) groups excluding carboxylic acids is 1. The predicted molar refractivity (Wildman–Crippen MR) is 81.7 cm³/mol. The van der Waals surface area contributed by atoms with Gasteiger partial charge in [0.05, 0.1) is 23.9 Å². The smallest absolute Gasteiger partial charge is 0.271 e. The molecule has 2 rings (SSSR count). The van der Waals surface area contributed by atoms with Crippen molar-refractivity contribution in [3.05, 3.63) is 22.7 Å². The van der Waals surface area contributed by atoms with Crippen LogP contribution in [0.1, 0.15) is 61.8 Å². The summed E-state index contributed by atoms with van der Waals surface area (Å²) in [5, 5.41) is 3.06. The summed E-state index contributed by atoms with van der Waals surface area (Å²) in [6.07, 6.45) is 6.58. The van der Waals surface area contributed by atoms with Gasteiger partial charge in [-0.1, -0.05) is 38.3 Å². The third-order valence-corrected chi connectivity index (χ3v) is 3.81. The lowest BCUT2D eigenvalue weighted by atomic mass is 10.2. The monoisotopic (exact) mass is 311 g/mol. The molecule has 1 fully saturated rings. The Morgan fingerprint density at radius 1 is 1.48 bits per heavy atom. The maximum atomic E-state index is 12.1. The Morgan fingerprint density at radius 3 is 2.86 bits per heavy atom. The van der Waals surface area contributed by atoms with Gasteiger partial charge in [-0.25, -0.2) is 9.97 Å². The van der Waals surface area contributed by atoms with Crippen LogP contribution in [0.2, 0.25) is 5.02 Å². The van der Waals surface area contributed by atoms with E-state index in [1.807, 2.05) is 13.8 Å². The molecule has 116 valence electrons. The van der Waals surface area contributed by atoms with E-state index in [4.69, 9.17) is 16.3 Å². The first-order chi connectivity index (χ1) is 10.1. The van der Waals surface area contributed by atoms with E-state index in [9.17, 15) is 4.79 Å². The molecule has 1 aromatic heterocycles. The molecule has 1 aliphatic rings. The summed E-state index contributed by atoms with van der Waals surface area (Å²) in [4.78, 5) is 20.4. The number of hydrogen-bond donors (Lipinski definition) is 1. The lowest BCUT2D eigenvalue weighted by molar-refractivity contribution is 0.0581. The minimum atomic E-state index is -0.278. The number of carbonyl (C=O) groups is 1. The number of aromatic nitrogens is 2. The molecule has 5 nitrogen and oxygen atoms in total. The molecule has 0 saturated heterocycles. The molecule has 0 atom stereocenters. The van der Waals surface area contributed by atoms with E-state index in [-0.39, 0.29) is 22.5 Å².